The largest absolute Gasteiger partial charge is 0.504 e. The van der Waals surface area contributed by atoms with Crippen LogP contribution in [-0.4, -0.2) is 126 Å². The lowest BCUT2D eigenvalue weighted by Crippen LogP contribution is -2.66. The predicted octanol–water partition coefficient (Wildman–Crippen LogP) is -2.71. The first-order valence-electron chi connectivity index (χ1n) is 11.7. The van der Waals surface area contributed by atoms with Gasteiger partial charge in [-0.15, -0.1) is 0 Å². The molecule has 2 rings (SSSR count). The zero-order chi connectivity index (χ0) is 27.7. The van der Waals surface area contributed by atoms with Crippen LogP contribution >= 0.6 is 0 Å². The van der Waals surface area contributed by atoms with Gasteiger partial charge in [0.2, 0.25) is 5.91 Å². The van der Waals surface area contributed by atoms with Gasteiger partial charge in [0, 0.05) is 14.2 Å². The third-order valence-corrected chi connectivity index (χ3v) is 6.05. The van der Waals surface area contributed by atoms with Crippen LogP contribution < -0.4 is 11.1 Å². The van der Waals surface area contributed by atoms with E-state index < -0.39 is 86.7 Å². The Balaban J connectivity index is 2.22. The highest BCUT2D eigenvalue weighted by Crippen LogP contribution is 2.28. The highest BCUT2D eigenvalue weighted by Gasteiger charge is 2.48. The van der Waals surface area contributed by atoms with E-state index in [1.807, 2.05) is 0 Å². The second-order valence-electron chi connectivity index (χ2n) is 8.66. The summed E-state index contributed by atoms with van der Waals surface area (Å²) in [6, 6.07) is 1.62. The minimum atomic E-state index is -1.50. The van der Waals surface area contributed by atoms with E-state index in [9.17, 15) is 35.4 Å². The summed E-state index contributed by atoms with van der Waals surface area (Å²) in [4.78, 5) is 12.7. The molecule has 0 radical (unpaired) electrons. The van der Waals surface area contributed by atoms with Crippen molar-refractivity contribution in [1.29, 1.82) is 0 Å². The van der Waals surface area contributed by atoms with Crippen LogP contribution in [0.25, 0.3) is 0 Å². The number of carbonyl (C=O) groups is 1. The average molecular weight is 535 g/mol. The molecule has 1 aromatic rings. The molecule has 5 unspecified atom stereocenters. The zero-order valence-electron chi connectivity index (χ0n) is 21.0. The Morgan fingerprint density at radius 1 is 1.16 bits per heavy atom. The molecule has 1 aliphatic rings. The van der Waals surface area contributed by atoms with Crippen LogP contribution in [0.4, 0.5) is 0 Å². The second kappa shape index (κ2) is 14.7. The number of aliphatic hydroxyl groups excluding tert-OH is 4. The monoisotopic (exact) mass is 534 g/mol. The highest BCUT2D eigenvalue weighted by molar-refractivity contribution is 5.79. The molecule has 9 N–H and O–H groups in total. The first-order chi connectivity index (χ1) is 17.6. The Hall–Kier alpha value is -2.11. The molecule has 1 aromatic carbocycles. The molecule has 1 aliphatic heterocycles. The molecular formula is C23H38N2O12. The van der Waals surface area contributed by atoms with E-state index in [2.05, 4.69) is 5.32 Å². The minimum absolute atomic E-state index is 0.212. The molecule has 212 valence electrons. The number of benzene rings is 1. The molecule has 1 heterocycles. The number of phenolic OH excluding ortho intramolecular Hbond substituents is 2. The van der Waals surface area contributed by atoms with Crippen molar-refractivity contribution < 1.29 is 59.1 Å². The van der Waals surface area contributed by atoms with E-state index in [0.717, 1.165) is 0 Å². The van der Waals surface area contributed by atoms with Gasteiger partial charge in [-0.3, -0.25) is 4.79 Å². The summed E-state index contributed by atoms with van der Waals surface area (Å²) in [6.07, 6.45) is -8.17. The third kappa shape index (κ3) is 8.19. The minimum Gasteiger partial charge on any atom is -0.504 e. The topological polar surface area (TPSA) is 223 Å². The highest BCUT2D eigenvalue weighted by atomic mass is 16.7. The van der Waals surface area contributed by atoms with Gasteiger partial charge in [0.05, 0.1) is 38.4 Å². The van der Waals surface area contributed by atoms with Crippen molar-refractivity contribution in [1.82, 2.24) is 5.32 Å². The number of rotatable bonds is 14. The van der Waals surface area contributed by atoms with Crippen molar-refractivity contribution in [3.63, 3.8) is 0 Å². The molecule has 1 amide bonds. The van der Waals surface area contributed by atoms with E-state index in [4.69, 9.17) is 29.4 Å². The van der Waals surface area contributed by atoms with Gasteiger partial charge in [0.25, 0.3) is 0 Å². The molecule has 0 bridgehead atoms. The van der Waals surface area contributed by atoms with Gasteiger partial charge in [0.1, 0.15) is 30.5 Å². The van der Waals surface area contributed by atoms with E-state index in [1.54, 1.807) is 6.92 Å². The fourth-order valence-electron chi connectivity index (χ4n) is 3.79. The molecule has 0 aromatic heterocycles. The number of amides is 1. The third-order valence-electron chi connectivity index (χ3n) is 6.05. The first kappa shape index (κ1) is 31.1. The number of aliphatic hydroxyl groups is 4. The van der Waals surface area contributed by atoms with Gasteiger partial charge in [-0.25, -0.2) is 0 Å². The SMILES string of the molecule is CO[C@@H]1O[C@@H](CO)C(OC(OC(CO)[C@H](C)OC)[C@@H](N)CO)C(O)C1NC(=O)Cc1ccc(O)c(O)c1. The van der Waals surface area contributed by atoms with Gasteiger partial charge in [-0.1, -0.05) is 6.07 Å². The standard InChI is InChI=1S/C23H38N2O12/c1-11(33-2)16(9-27)35-22(13(24)8-26)37-21-17(10-28)36-23(34-3)19(20(21)32)25-18(31)7-12-4-5-14(29)15(30)6-12/h4-6,11,13,16-17,19-23,26-30,32H,7-10,24H2,1-3H3,(H,25,31)/t11-,13-,16?,17-,19?,20?,21?,22?,23+/m0/s1. The summed E-state index contributed by atoms with van der Waals surface area (Å²) >= 11 is 0. The van der Waals surface area contributed by atoms with Crippen molar-refractivity contribution in [3.05, 3.63) is 23.8 Å². The van der Waals surface area contributed by atoms with Crippen LogP contribution in [0.3, 0.4) is 0 Å². The Kier molecular flexibility index (Phi) is 12.4. The summed E-state index contributed by atoms with van der Waals surface area (Å²) < 4.78 is 27.7. The van der Waals surface area contributed by atoms with Crippen LogP contribution in [0.15, 0.2) is 18.2 Å². The van der Waals surface area contributed by atoms with Crippen LogP contribution in [-0.2, 0) is 34.9 Å². The normalized spacial score (nSPS) is 27.3. The van der Waals surface area contributed by atoms with Crippen molar-refractivity contribution in [3.8, 4) is 11.5 Å². The number of aromatic hydroxyl groups is 2. The lowest BCUT2D eigenvalue weighted by Gasteiger charge is -2.45. The smallest absolute Gasteiger partial charge is 0.224 e. The first-order valence-corrected chi connectivity index (χ1v) is 11.7. The Bertz CT molecular complexity index is 846. The van der Waals surface area contributed by atoms with E-state index in [1.165, 1.54) is 32.4 Å². The van der Waals surface area contributed by atoms with Crippen molar-refractivity contribution in [2.45, 2.75) is 68.5 Å². The molecule has 1 saturated heterocycles. The predicted molar refractivity (Wildman–Crippen MR) is 126 cm³/mol. The Morgan fingerprint density at radius 2 is 1.86 bits per heavy atom. The molecule has 0 spiro atoms. The van der Waals surface area contributed by atoms with Crippen LogP contribution in [0.2, 0.25) is 0 Å². The maximum absolute atomic E-state index is 12.7. The Morgan fingerprint density at radius 3 is 2.41 bits per heavy atom. The summed E-state index contributed by atoms with van der Waals surface area (Å²) in [5.74, 6) is -1.30. The summed E-state index contributed by atoms with van der Waals surface area (Å²) in [7, 11) is 2.70. The number of nitrogens with one attached hydrogen (secondary N) is 1. The number of nitrogens with two attached hydrogens (primary N) is 1. The van der Waals surface area contributed by atoms with Crippen molar-refractivity contribution in [2.24, 2.45) is 5.73 Å². The van der Waals surface area contributed by atoms with Gasteiger partial charge in [0.15, 0.2) is 24.1 Å². The van der Waals surface area contributed by atoms with Gasteiger partial charge >= 0.3 is 0 Å². The summed E-state index contributed by atoms with van der Waals surface area (Å²) in [5, 5.41) is 62.0. The number of ether oxygens (including phenoxy) is 5. The summed E-state index contributed by atoms with van der Waals surface area (Å²) in [5.41, 5.74) is 6.34. The van der Waals surface area contributed by atoms with E-state index in [0.29, 0.717) is 5.56 Å². The zero-order valence-corrected chi connectivity index (χ0v) is 21.0. The fourth-order valence-corrected chi connectivity index (χ4v) is 3.79. The molecule has 1 fully saturated rings. The Labute approximate surface area is 214 Å². The van der Waals surface area contributed by atoms with Gasteiger partial charge in [-0.05, 0) is 24.6 Å². The van der Waals surface area contributed by atoms with Crippen LogP contribution in [0, 0.1) is 0 Å². The number of methoxy groups -OCH3 is 2. The molecule has 0 saturated carbocycles. The van der Waals surface area contributed by atoms with Crippen LogP contribution in [0.1, 0.15) is 12.5 Å². The molecular weight excluding hydrogens is 496 g/mol. The fraction of sp³-hybridized carbons (Fsp3) is 0.696. The van der Waals surface area contributed by atoms with Gasteiger partial charge in [-0.2, -0.15) is 0 Å². The number of hydrogen-bond acceptors (Lipinski definition) is 13. The number of hydrogen-bond donors (Lipinski definition) is 8. The second-order valence-corrected chi connectivity index (χ2v) is 8.66. The molecule has 0 aliphatic carbocycles. The maximum Gasteiger partial charge on any atom is 0.224 e. The lowest BCUT2D eigenvalue weighted by molar-refractivity contribution is -0.311. The summed E-state index contributed by atoms with van der Waals surface area (Å²) in [6.45, 7) is 0.00348. The molecule has 9 atom stereocenters. The lowest BCUT2D eigenvalue weighted by atomic mass is 9.96. The number of phenols is 2. The van der Waals surface area contributed by atoms with Crippen molar-refractivity contribution >= 4 is 5.91 Å². The molecule has 14 heteroatoms. The quantitative estimate of drug-likeness (QED) is 0.0899. The van der Waals surface area contributed by atoms with Crippen LogP contribution in [0.5, 0.6) is 11.5 Å². The van der Waals surface area contributed by atoms with E-state index >= 15 is 0 Å². The maximum atomic E-state index is 12.7. The van der Waals surface area contributed by atoms with E-state index in [-0.39, 0.29) is 12.2 Å². The van der Waals surface area contributed by atoms with Crippen molar-refractivity contribution in [2.75, 3.05) is 34.0 Å². The average Bonchev–Trinajstić information content (AvgIpc) is 2.89. The number of carbonyl (C=O) groups excluding carboxylic acids is 1. The molecule has 37 heavy (non-hydrogen) atoms. The van der Waals surface area contributed by atoms with Gasteiger partial charge < -0.3 is 65.4 Å². The molecule has 14 nitrogen and oxygen atoms in total.